The van der Waals surface area contributed by atoms with E-state index in [9.17, 15) is 9.65 Å². The minimum atomic E-state index is -0.232. The molecule has 0 N–H and O–H groups in total. The lowest BCUT2D eigenvalue weighted by Gasteiger charge is -2.51. The number of halogens is 1. The van der Waals surface area contributed by atoms with E-state index in [1.54, 1.807) is 12.2 Å². The highest BCUT2D eigenvalue weighted by atomic mass is 19.1. The van der Waals surface area contributed by atoms with Gasteiger partial charge in [-0.25, -0.2) is 4.39 Å². The Morgan fingerprint density at radius 2 is 1.63 bits per heavy atom. The molecular weight excluding hydrogens is 505 g/mol. The molecule has 4 heteroatoms. The number of hydrogen-bond donors (Lipinski definition) is 0. The molecular formula is C37H34FN3. The van der Waals surface area contributed by atoms with Gasteiger partial charge in [-0.3, -0.25) is 0 Å². The van der Waals surface area contributed by atoms with Gasteiger partial charge in [0.05, 0.1) is 29.0 Å². The van der Waals surface area contributed by atoms with Crippen molar-refractivity contribution >= 4 is 22.7 Å². The maximum absolute atomic E-state index is 14.0. The van der Waals surface area contributed by atoms with Crippen LogP contribution in [0.3, 0.4) is 0 Å². The highest BCUT2D eigenvalue weighted by Gasteiger charge is 2.46. The Kier molecular flexibility index (Phi) is 5.67. The van der Waals surface area contributed by atoms with Crippen LogP contribution in [0.25, 0.3) is 0 Å². The number of fused-ring (bicyclic) bond motifs is 3. The normalized spacial score (nSPS) is 20.9. The van der Waals surface area contributed by atoms with Crippen LogP contribution >= 0.6 is 0 Å². The van der Waals surface area contributed by atoms with Crippen LogP contribution in [0.2, 0.25) is 0 Å². The molecule has 0 saturated carbocycles. The zero-order valence-corrected chi connectivity index (χ0v) is 24.1. The summed E-state index contributed by atoms with van der Waals surface area (Å²) in [6.45, 7) is 9.43. The van der Waals surface area contributed by atoms with E-state index in [0.29, 0.717) is 12.0 Å². The predicted octanol–water partition coefficient (Wildman–Crippen LogP) is 9.55. The lowest BCUT2D eigenvalue weighted by atomic mass is 9.65. The molecule has 3 aromatic carbocycles. The summed E-state index contributed by atoms with van der Waals surface area (Å²) in [5.41, 5.74) is 11.8. The van der Waals surface area contributed by atoms with E-state index in [-0.39, 0.29) is 22.7 Å². The molecule has 7 rings (SSSR count). The van der Waals surface area contributed by atoms with Gasteiger partial charge in [0.25, 0.3) is 0 Å². The van der Waals surface area contributed by atoms with Gasteiger partial charge in [-0.1, -0.05) is 58.0 Å². The van der Waals surface area contributed by atoms with Gasteiger partial charge in [0, 0.05) is 27.9 Å². The van der Waals surface area contributed by atoms with Crippen LogP contribution in [-0.4, -0.2) is 6.04 Å². The molecule has 0 radical (unpaired) electrons. The Hall–Kier alpha value is -4.36. The number of rotatable bonds is 3. The van der Waals surface area contributed by atoms with Crippen LogP contribution in [0, 0.1) is 11.3 Å². The largest absolute Gasteiger partial charge is 0.334 e. The number of nitriles is 1. The summed E-state index contributed by atoms with van der Waals surface area (Å²) >= 11 is 0. The van der Waals surface area contributed by atoms with Crippen LogP contribution in [0.1, 0.15) is 69.2 Å². The second-order valence-corrected chi connectivity index (χ2v) is 12.6. The van der Waals surface area contributed by atoms with Gasteiger partial charge in [-0.05, 0) is 102 Å². The Bertz CT molecular complexity index is 1740. The molecule has 204 valence electrons. The maximum Gasteiger partial charge on any atom is 0.119 e. The fraction of sp³-hybridized carbons (Fsp3) is 0.270. The molecule has 2 heterocycles. The molecule has 2 aliphatic carbocycles. The van der Waals surface area contributed by atoms with Crippen molar-refractivity contribution in [1.82, 2.24) is 0 Å². The van der Waals surface area contributed by atoms with Gasteiger partial charge in [-0.15, -0.1) is 0 Å². The molecule has 2 aliphatic heterocycles. The molecule has 0 amide bonds. The van der Waals surface area contributed by atoms with Gasteiger partial charge in [0.15, 0.2) is 0 Å². The Morgan fingerprint density at radius 3 is 2.34 bits per heavy atom. The summed E-state index contributed by atoms with van der Waals surface area (Å²) in [7, 11) is 0. The molecule has 1 atom stereocenters. The van der Waals surface area contributed by atoms with Crippen LogP contribution in [0.15, 0.2) is 108 Å². The molecule has 0 saturated heterocycles. The lowest BCUT2D eigenvalue weighted by molar-refractivity contribution is 0.555. The minimum absolute atomic E-state index is 0.0298. The third-order valence-corrected chi connectivity index (χ3v) is 9.56. The van der Waals surface area contributed by atoms with Gasteiger partial charge >= 0.3 is 0 Å². The molecule has 0 aromatic heterocycles. The van der Waals surface area contributed by atoms with E-state index in [0.717, 1.165) is 24.2 Å². The van der Waals surface area contributed by atoms with Gasteiger partial charge in [-0.2, -0.15) is 5.26 Å². The summed E-state index contributed by atoms with van der Waals surface area (Å²) in [6, 6.07) is 23.5. The lowest BCUT2D eigenvalue weighted by Crippen LogP contribution is -2.41. The first-order valence-corrected chi connectivity index (χ1v) is 14.5. The van der Waals surface area contributed by atoms with Crippen molar-refractivity contribution in [3.05, 3.63) is 130 Å². The average Bonchev–Trinajstić information content (AvgIpc) is 2.98. The molecule has 4 aliphatic rings. The minimum Gasteiger partial charge on any atom is -0.334 e. The van der Waals surface area contributed by atoms with Crippen molar-refractivity contribution < 1.29 is 4.39 Å². The molecule has 1 unspecified atom stereocenters. The van der Waals surface area contributed by atoms with Crippen molar-refractivity contribution in [3.8, 4) is 6.07 Å². The number of benzene rings is 3. The first-order chi connectivity index (χ1) is 19.7. The highest BCUT2D eigenvalue weighted by Crippen LogP contribution is 2.59. The van der Waals surface area contributed by atoms with Crippen molar-refractivity contribution in [3.63, 3.8) is 0 Å². The van der Waals surface area contributed by atoms with Crippen molar-refractivity contribution in [2.45, 2.75) is 63.8 Å². The summed E-state index contributed by atoms with van der Waals surface area (Å²) in [5, 5.41) is 9.38. The number of para-hydroxylation sites is 1. The first-order valence-electron chi connectivity index (χ1n) is 14.5. The number of nitrogens with zero attached hydrogens (tertiary/aromatic N) is 3. The zero-order valence-electron chi connectivity index (χ0n) is 24.1. The smallest absolute Gasteiger partial charge is 0.119 e. The van der Waals surface area contributed by atoms with Gasteiger partial charge in [0.1, 0.15) is 5.83 Å². The van der Waals surface area contributed by atoms with E-state index in [1.165, 1.54) is 39.3 Å². The number of anilines is 4. The Morgan fingerprint density at radius 1 is 0.902 bits per heavy atom. The van der Waals surface area contributed by atoms with Crippen LogP contribution < -0.4 is 9.80 Å². The van der Waals surface area contributed by atoms with E-state index >= 15 is 0 Å². The van der Waals surface area contributed by atoms with Crippen LogP contribution in [-0.2, 0) is 10.8 Å². The second kappa shape index (κ2) is 9.08. The van der Waals surface area contributed by atoms with Crippen LogP contribution in [0.4, 0.5) is 27.1 Å². The fourth-order valence-corrected chi connectivity index (χ4v) is 7.34. The summed E-state index contributed by atoms with van der Waals surface area (Å²) in [4.78, 5) is 4.78. The van der Waals surface area contributed by atoms with Crippen LogP contribution in [0.5, 0.6) is 0 Å². The standard InChI is InChI=1S/C37H34FN3/c1-36(2)29-8-5-6-11-33(29)41-34-21-20-28(22-32(34)37(3,4)31-10-7-9-30(36)35(31)41)40(27-18-14-25(38)15-19-27)26-16-12-24(23-39)13-17-26/h6-7,9-18,20-22,27H,5,8,19H2,1-4H3. The van der Waals surface area contributed by atoms with Crippen molar-refractivity contribution in [2.24, 2.45) is 0 Å². The maximum atomic E-state index is 14.0. The summed E-state index contributed by atoms with van der Waals surface area (Å²) < 4.78 is 14.0. The fourth-order valence-electron chi connectivity index (χ4n) is 7.34. The molecule has 0 spiro atoms. The first kappa shape index (κ1) is 25.6. The van der Waals surface area contributed by atoms with Gasteiger partial charge in [0.2, 0.25) is 0 Å². The molecule has 3 aromatic rings. The SMILES string of the molecule is CC1(C)C2=C(C=CCC2)N2c3ccc(N(c4ccc(C#N)cc4)C4C=CC(F)=CC4)cc3C(C)(C)c3cccc1c32. The highest BCUT2D eigenvalue weighted by molar-refractivity contribution is 5.89. The van der Waals surface area contributed by atoms with Crippen molar-refractivity contribution in [1.29, 1.82) is 5.26 Å². The quantitative estimate of drug-likeness (QED) is 0.332. The Balaban J connectivity index is 1.43. The summed E-state index contributed by atoms with van der Waals surface area (Å²) in [6.07, 6.45) is 12.5. The van der Waals surface area contributed by atoms with E-state index in [2.05, 4.69) is 92.1 Å². The van der Waals surface area contributed by atoms with Gasteiger partial charge < -0.3 is 9.80 Å². The average molecular weight is 540 g/mol. The predicted molar refractivity (Wildman–Crippen MR) is 166 cm³/mol. The number of hydrogen-bond acceptors (Lipinski definition) is 3. The zero-order chi connectivity index (χ0) is 28.5. The third kappa shape index (κ3) is 3.75. The number of allylic oxidation sites excluding steroid dienone is 5. The van der Waals surface area contributed by atoms with E-state index in [1.807, 2.05) is 30.3 Å². The second-order valence-electron chi connectivity index (χ2n) is 12.6. The van der Waals surface area contributed by atoms with Crippen molar-refractivity contribution in [2.75, 3.05) is 9.80 Å². The molecule has 0 bridgehead atoms. The Labute approximate surface area is 242 Å². The topological polar surface area (TPSA) is 30.3 Å². The van der Waals surface area contributed by atoms with E-state index in [4.69, 9.17) is 0 Å². The molecule has 0 fully saturated rings. The molecule has 41 heavy (non-hydrogen) atoms. The third-order valence-electron chi connectivity index (χ3n) is 9.56. The monoisotopic (exact) mass is 539 g/mol. The molecule has 3 nitrogen and oxygen atoms in total. The summed E-state index contributed by atoms with van der Waals surface area (Å²) in [5.74, 6) is -0.197. The van der Waals surface area contributed by atoms with E-state index < -0.39 is 0 Å².